The summed E-state index contributed by atoms with van der Waals surface area (Å²) in [5.41, 5.74) is 1.45. The Hall–Kier alpha value is -3.62. The van der Waals surface area contributed by atoms with Gasteiger partial charge in [0.05, 0.1) is 6.61 Å². The van der Waals surface area contributed by atoms with Crippen LogP contribution in [-0.4, -0.2) is 61.1 Å². The number of piperidine rings is 1. The summed E-state index contributed by atoms with van der Waals surface area (Å²) in [7, 11) is 0. The van der Waals surface area contributed by atoms with E-state index in [0.717, 1.165) is 43.1 Å². The molecule has 3 aromatic rings. The lowest BCUT2D eigenvalue weighted by Crippen LogP contribution is -2.45. The summed E-state index contributed by atoms with van der Waals surface area (Å²) in [6, 6.07) is 23.2. The zero-order valence-electron chi connectivity index (χ0n) is 21.2. The molecule has 1 unspecified atom stereocenters. The molecule has 2 N–H and O–H groups in total. The van der Waals surface area contributed by atoms with E-state index in [1.807, 2.05) is 66.7 Å². The number of esters is 1. The van der Waals surface area contributed by atoms with E-state index in [4.69, 9.17) is 14.2 Å². The van der Waals surface area contributed by atoms with Crippen LogP contribution >= 0.6 is 0 Å². The molecule has 1 fully saturated rings. The van der Waals surface area contributed by atoms with Crippen LogP contribution in [0.2, 0.25) is 0 Å². The average Bonchev–Trinajstić information content (AvgIpc) is 2.95. The molecule has 0 saturated carbocycles. The Morgan fingerprint density at radius 2 is 1.70 bits per heavy atom. The van der Waals surface area contributed by atoms with Crippen LogP contribution in [0.15, 0.2) is 72.8 Å². The van der Waals surface area contributed by atoms with Gasteiger partial charge >= 0.3 is 5.97 Å². The molecule has 196 valence electrons. The van der Waals surface area contributed by atoms with Gasteiger partial charge in [-0.3, -0.25) is 0 Å². The van der Waals surface area contributed by atoms with Crippen molar-refractivity contribution < 1.29 is 24.1 Å². The molecule has 8 heteroatoms. The Kier molecular flexibility index (Phi) is 9.74. The van der Waals surface area contributed by atoms with E-state index < -0.39 is 12.1 Å². The molecule has 1 aliphatic heterocycles. The quantitative estimate of drug-likeness (QED) is 0.359. The van der Waals surface area contributed by atoms with Crippen molar-refractivity contribution in [3.8, 4) is 11.5 Å². The van der Waals surface area contributed by atoms with Gasteiger partial charge in [-0.2, -0.15) is 0 Å². The van der Waals surface area contributed by atoms with Gasteiger partial charge in [-0.05, 0) is 61.7 Å². The number of carbonyl (C=O) groups is 1. The number of rotatable bonds is 12. The number of hydrogen-bond donors (Lipinski definition) is 2. The zero-order chi connectivity index (χ0) is 25.9. The van der Waals surface area contributed by atoms with E-state index in [9.17, 15) is 9.90 Å². The van der Waals surface area contributed by atoms with Crippen LogP contribution in [0.3, 0.4) is 0 Å². The van der Waals surface area contributed by atoms with Crippen molar-refractivity contribution in [2.45, 2.75) is 38.5 Å². The second-order valence-corrected chi connectivity index (χ2v) is 8.98. The van der Waals surface area contributed by atoms with E-state index in [-0.39, 0.29) is 6.61 Å². The van der Waals surface area contributed by atoms with Crippen LogP contribution in [0.1, 0.15) is 35.8 Å². The second-order valence-electron chi connectivity index (χ2n) is 8.98. The SMILES string of the molecule is CCOC(=O)c1cccc(N2CCC(NCC(O)COc3ccc(OCc4ccccc4)cc3)CC2)n1. The number of aromatic nitrogens is 1. The van der Waals surface area contributed by atoms with Crippen molar-refractivity contribution in [1.29, 1.82) is 0 Å². The summed E-state index contributed by atoms with van der Waals surface area (Å²) in [6.07, 6.45) is 1.22. The van der Waals surface area contributed by atoms with Crippen molar-refractivity contribution in [1.82, 2.24) is 10.3 Å². The molecule has 1 aromatic heterocycles. The molecule has 0 radical (unpaired) electrons. The fourth-order valence-corrected chi connectivity index (χ4v) is 4.16. The number of aliphatic hydroxyl groups excluding tert-OH is 1. The fraction of sp³-hybridized carbons (Fsp3) is 0.379. The van der Waals surface area contributed by atoms with E-state index >= 15 is 0 Å². The monoisotopic (exact) mass is 505 g/mol. The molecular weight excluding hydrogens is 470 g/mol. The van der Waals surface area contributed by atoms with Gasteiger partial charge in [0.15, 0.2) is 5.69 Å². The largest absolute Gasteiger partial charge is 0.491 e. The number of benzene rings is 2. The Morgan fingerprint density at radius 1 is 1.00 bits per heavy atom. The Bertz CT molecular complexity index is 1100. The first-order chi connectivity index (χ1) is 18.1. The van der Waals surface area contributed by atoms with Crippen molar-refractivity contribution >= 4 is 11.8 Å². The minimum absolute atomic E-state index is 0.209. The molecule has 1 saturated heterocycles. The van der Waals surface area contributed by atoms with Gasteiger partial charge in [0.25, 0.3) is 0 Å². The minimum Gasteiger partial charge on any atom is -0.491 e. The number of anilines is 1. The van der Waals surface area contributed by atoms with Gasteiger partial charge in [0.1, 0.15) is 36.6 Å². The number of aliphatic hydroxyl groups is 1. The molecular formula is C29H35N3O5. The molecule has 2 heterocycles. The Labute approximate surface area is 218 Å². The highest BCUT2D eigenvalue weighted by molar-refractivity contribution is 5.87. The van der Waals surface area contributed by atoms with Crippen molar-refractivity contribution in [2.24, 2.45) is 0 Å². The molecule has 4 rings (SSSR count). The van der Waals surface area contributed by atoms with Crippen LogP contribution in [-0.2, 0) is 11.3 Å². The Morgan fingerprint density at radius 3 is 2.41 bits per heavy atom. The molecule has 0 amide bonds. The molecule has 8 nitrogen and oxygen atoms in total. The van der Waals surface area contributed by atoms with Crippen LogP contribution in [0, 0.1) is 0 Å². The molecule has 0 spiro atoms. The molecule has 0 aliphatic carbocycles. The first kappa shape index (κ1) is 26.4. The van der Waals surface area contributed by atoms with Gasteiger partial charge in [0.2, 0.25) is 0 Å². The maximum Gasteiger partial charge on any atom is 0.356 e. The molecule has 37 heavy (non-hydrogen) atoms. The van der Waals surface area contributed by atoms with E-state index in [1.54, 1.807) is 13.0 Å². The smallest absolute Gasteiger partial charge is 0.356 e. The standard InChI is InChI=1S/C29H35N3O5/c1-2-35-29(34)27-9-6-10-28(31-27)32-17-15-23(16-18-32)30-19-24(33)21-37-26-13-11-25(12-14-26)36-20-22-7-4-3-5-8-22/h3-14,23-24,30,33H,2,15-21H2,1H3. The minimum atomic E-state index is -0.616. The highest BCUT2D eigenvalue weighted by atomic mass is 16.5. The van der Waals surface area contributed by atoms with Crippen LogP contribution < -0.4 is 19.7 Å². The molecule has 0 bridgehead atoms. The van der Waals surface area contributed by atoms with Crippen molar-refractivity contribution in [3.05, 3.63) is 84.1 Å². The highest BCUT2D eigenvalue weighted by Gasteiger charge is 2.21. The summed E-state index contributed by atoms with van der Waals surface area (Å²) >= 11 is 0. The number of ether oxygens (including phenoxy) is 3. The molecule has 1 atom stereocenters. The highest BCUT2D eigenvalue weighted by Crippen LogP contribution is 2.20. The summed E-state index contributed by atoms with van der Waals surface area (Å²) < 4.78 is 16.6. The van der Waals surface area contributed by atoms with Gasteiger partial charge in [0, 0.05) is 25.7 Å². The second kappa shape index (κ2) is 13.6. The predicted molar refractivity (Wildman–Crippen MR) is 142 cm³/mol. The van der Waals surface area contributed by atoms with Crippen LogP contribution in [0.4, 0.5) is 5.82 Å². The third-order valence-electron chi connectivity index (χ3n) is 6.19. The zero-order valence-corrected chi connectivity index (χ0v) is 21.2. The number of nitrogens with zero attached hydrogens (tertiary/aromatic N) is 2. The van der Waals surface area contributed by atoms with E-state index in [2.05, 4.69) is 15.2 Å². The number of hydrogen-bond acceptors (Lipinski definition) is 8. The predicted octanol–water partition coefficient (Wildman–Crippen LogP) is 3.84. The summed E-state index contributed by atoms with van der Waals surface area (Å²) in [4.78, 5) is 18.6. The number of carbonyl (C=O) groups excluding carboxylic acids is 1. The Balaban J connectivity index is 1.13. The van der Waals surface area contributed by atoms with Gasteiger partial charge < -0.3 is 29.5 Å². The van der Waals surface area contributed by atoms with Crippen molar-refractivity contribution in [2.75, 3.05) is 37.7 Å². The maximum atomic E-state index is 12.0. The van der Waals surface area contributed by atoms with E-state index in [1.165, 1.54) is 0 Å². The molecule has 1 aliphatic rings. The normalized spacial score (nSPS) is 14.7. The summed E-state index contributed by atoms with van der Waals surface area (Å²) in [5.74, 6) is 1.85. The van der Waals surface area contributed by atoms with E-state index in [0.29, 0.717) is 37.2 Å². The van der Waals surface area contributed by atoms with Crippen LogP contribution in [0.5, 0.6) is 11.5 Å². The first-order valence-electron chi connectivity index (χ1n) is 12.8. The van der Waals surface area contributed by atoms with Crippen molar-refractivity contribution in [3.63, 3.8) is 0 Å². The lowest BCUT2D eigenvalue weighted by Gasteiger charge is -2.33. The lowest BCUT2D eigenvalue weighted by atomic mass is 10.0. The maximum absolute atomic E-state index is 12.0. The van der Waals surface area contributed by atoms with Crippen LogP contribution in [0.25, 0.3) is 0 Å². The third-order valence-corrected chi connectivity index (χ3v) is 6.19. The molecule has 2 aromatic carbocycles. The van der Waals surface area contributed by atoms with Gasteiger partial charge in [-0.15, -0.1) is 0 Å². The van der Waals surface area contributed by atoms with Gasteiger partial charge in [-0.25, -0.2) is 9.78 Å². The van der Waals surface area contributed by atoms with Gasteiger partial charge in [-0.1, -0.05) is 36.4 Å². The lowest BCUT2D eigenvalue weighted by molar-refractivity contribution is 0.0519. The number of nitrogens with one attached hydrogen (secondary N) is 1. The topological polar surface area (TPSA) is 93.2 Å². The fourth-order valence-electron chi connectivity index (χ4n) is 4.16. The summed E-state index contributed by atoms with van der Waals surface area (Å²) in [6.45, 7) is 4.93. The third kappa shape index (κ3) is 8.20. The average molecular weight is 506 g/mol. The first-order valence-corrected chi connectivity index (χ1v) is 12.8. The summed E-state index contributed by atoms with van der Waals surface area (Å²) in [5, 5.41) is 13.8. The number of pyridine rings is 1.